The monoisotopic (exact) mass is 494 g/mol. The van der Waals surface area contributed by atoms with Crippen LogP contribution in [0.25, 0.3) is 11.1 Å². The van der Waals surface area contributed by atoms with Gasteiger partial charge in [-0.05, 0) is 65.9 Å². The van der Waals surface area contributed by atoms with E-state index < -0.39 is 23.6 Å². The minimum absolute atomic E-state index is 0.00774. The number of piperidine rings is 1. The summed E-state index contributed by atoms with van der Waals surface area (Å²) in [6.45, 7) is 0.567. The number of carboxylic acids is 1. The molecule has 2 aromatic carbocycles. The summed E-state index contributed by atoms with van der Waals surface area (Å²) in [4.78, 5) is 39.9. The van der Waals surface area contributed by atoms with Gasteiger partial charge in [0, 0.05) is 12.5 Å². The Morgan fingerprint density at radius 2 is 1.80 bits per heavy atom. The number of benzene rings is 2. The number of carbonyl (C=O) groups is 3. The highest BCUT2D eigenvalue weighted by molar-refractivity contribution is 7.98. The molecule has 0 aromatic heterocycles. The molecule has 35 heavy (non-hydrogen) atoms. The van der Waals surface area contributed by atoms with Gasteiger partial charge in [-0.2, -0.15) is 11.8 Å². The fourth-order valence-corrected chi connectivity index (χ4v) is 6.30. The molecule has 3 atom stereocenters. The van der Waals surface area contributed by atoms with Crippen LogP contribution in [0.2, 0.25) is 0 Å². The van der Waals surface area contributed by atoms with Crippen molar-refractivity contribution in [3.8, 4) is 11.1 Å². The van der Waals surface area contributed by atoms with Crippen LogP contribution in [0.4, 0.5) is 4.79 Å². The molecule has 1 heterocycles. The Kier molecular flexibility index (Phi) is 6.49. The number of carboxylic acid groups (broad SMARTS) is 1. The maximum atomic E-state index is 13.5. The summed E-state index contributed by atoms with van der Waals surface area (Å²) in [7, 11) is 0. The van der Waals surface area contributed by atoms with Crippen LogP contribution in [0, 0.1) is 5.92 Å². The highest BCUT2D eigenvalue weighted by Gasteiger charge is 2.67. The summed E-state index contributed by atoms with van der Waals surface area (Å²) < 4.78 is 5.65. The molecule has 2 N–H and O–H groups in total. The standard InChI is InChI=1S/C27H30N2O5S/c1-35-14-12-23(24(30)29-13-6-7-17-15-27(17,29)25(31)32)28-26(33)34-16-22-20-10-4-2-8-18(20)19-9-3-5-11-21(19)22/h2-5,8-11,17,22-23H,6-7,12-16H2,1H3,(H,28,33)(H,31,32)/t17-,23?,27+/m0/s1. The predicted octanol–water partition coefficient (Wildman–Crippen LogP) is 4.11. The van der Waals surface area contributed by atoms with Gasteiger partial charge < -0.3 is 20.1 Å². The number of carbonyl (C=O) groups excluding carboxylic acids is 2. The molecule has 1 saturated carbocycles. The second-order valence-electron chi connectivity index (χ2n) is 9.57. The van der Waals surface area contributed by atoms with E-state index in [1.54, 1.807) is 11.8 Å². The minimum Gasteiger partial charge on any atom is -0.479 e. The molecule has 0 spiro atoms. The average Bonchev–Trinajstić information content (AvgIpc) is 3.56. The third-order valence-electron chi connectivity index (χ3n) is 7.67. The number of rotatable bonds is 8. The van der Waals surface area contributed by atoms with Crippen molar-refractivity contribution < 1.29 is 24.2 Å². The smallest absolute Gasteiger partial charge is 0.407 e. The summed E-state index contributed by atoms with van der Waals surface area (Å²) in [5, 5.41) is 12.6. The second kappa shape index (κ2) is 9.57. The SMILES string of the molecule is CSCCC(NC(=O)OCC1c2ccccc2-c2ccccc21)C(=O)N1CCC[C@H]2C[C@]21C(=O)O. The van der Waals surface area contributed by atoms with Crippen molar-refractivity contribution in [3.63, 3.8) is 0 Å². The maximum absolute atomic E-state index is 13.5. The van der Waals surface area contributed by atoms with Crippen molar-refractivity contribution in [3.05, 3.63) is 59.7 Å². The molecular weight excluding hydrogens is 464 g/mol. The normalized spacial score (nSPS) is 23.0. The van der Waals surface area contributed by atoms with E-state index in [2.05, 4.69) is 29.6 Å². The lowest BCUT2D eigenvalue weighted by molar-refractivity contribution is -0.155. The van der Waals surface area contributed by atoms with Crippen LogP contribution in [0.3, 0.4) is 0 Å². The molecule has 7 nitrogen and oxygen atoms in total. The van der Waals surface area contributed by atoms with Crippen molar-refractivity contribution in [1.29, 1.82) is 0 Å². The number of amides is 2. The summed E-state index contributed by atoms with van der Waals surface area (Å²) in [5.74, 6) is -0.666. The minimum atomic E-state index is -1.10. The van der Waals surface area contributed by atoms with Gasteiger partial charge in [-0.25, -0.2) is 9.59 Å². The number of fused-ring (bicyclic) bond motifs is 4. The number of nitrogens with zero attached hydrogens (tertiary/aromatic N) is 1. The number of ether oxygens (including phenoxy) is 1. The number of thioether (sulfide) groups is 1. The van der Waals surface area contributed by atoms with Gasteiger partial charge in [-0.15, -0.1) is 0 Å². The lowest BCUT2D eigenvalue weighted by Crippen LogP contribution is -2.57. The summed E-state index contributed by atoms with van der Waals surface area (Å²) >= 11 is 1.58. The van der Waals surface area contributed by atoms with Gasteiger partial charge >= 0.3 is 12.1 Å². The van der Waals surface area contributed by atoms with E-state index in [1.165, 1.54) is 4.90 Å². The molecule has 5 rings (SSSR count). The zero-order valence-corrected chi connectivity index (χ0v) is 20.6. The molecule has 2 aromatic rings. The Labute approximate surface area is 209 Å². The fourth-order valence-electron chi connectivity index (χ4n) is 5.83. The number of likely N-dealkylation sites (tertiary alicyclic amines) is 1. The van der Waals surface area contributed by atoms with E-state index in [-0.39, 0.29) is 24.3 Å². The maximum Gasteiger partial charge on any atom is 0.407 e. The van der Waals surface area contributed by atoms with Crippen molar-refractivity contribution in [1.82, 2.24) is 10.2 Å². The highest BCUT2D eigenvalue weighted by atomic mass is 32.2. The van der Waals surface area contributed by atoms with E-state index in [1.807, 2.05) is 30.5 Å². The molecule has 2 fully saturated rings. The number of aliphatic carboxylic acids is 1. The molecule has 2 amide bonds. The second-order valence-corrected chi connectivity index (χ2v) is 10.6. The number of hydrogen-bond acceptors (Lipinski definition) is 5. The van der Waals surface area contributed by atoms with Crippen LogP contribution in [0.1, 0.15) is 42.7 Å². The van der Waals surface area contributed by atoms with Crippen LogP contribution in [0.15, 0.2) is 48.5 Å². The summed E-state index contributed by atoms with van der Waals surface area (Å²) in [5.41, 5.74) is 3.43. The van der Waals surface area contributed by atoms with Crippen LogP contribution in [-0.4, -0.2) is 64.7 Å². The number of hydrogen-bond donors (Lipinski definition) is 2. The molecule has 0 radical (unpaired) electrons. The van der Waals surface area contributed by atoms with E-state index in [0.29, 0.717) is 25.1 Å². The molecular formula is C27H30N2O5S. The Balaban J connectivity index is 1.28. The van der Waals surface area contributed by atoms with Gasteiger partial charge in [0.2, 0.25) is 5.91 Å². The van der Waals surface area contributed by atoms with Crippen LogP contribution >= 0.6 is 11.8 Å². The zero-order valence-electron chi connectivity index (χ0n) is 19.7. The molecule has 0 bridgehead atoms. The lowest BCUT2D eigenvalue weighted by Gasteiger charge is -2.36. The van der Waals surface area contributed by atoms with Crippen molar-refractivity contribution in [2.75, 3.05) is 25.2 Å². The molecule has 8 heteroatoms. The third-order valence-corrected chi connectivity index (χ3v) is 8.31. The quantitative estimate of drug-likeness (QED) is 0.573. The van der Waals surface area contributed by atoms with Crippen LogP contribution < -0.4 is 5.32 Å². The first kappa shape index (κ1) is 23.7. The predicted molar refractivity (Wildman–Crippen MR) is 134 cm³/mol. The number of alkyl carbamates (subject to hydrolysis) is 1. The van der Waals surface area contributed by atoms with Crippen molar-refractivity contribution >= 4 is 29.7 Å². The van der Waals surface area contributed by atoms with Gasteiger partial charge in [0.25, 0.3) is 0 Å². The first-order chi connectivity index (χ1) is 17.0. The van der Waals surface area contributed by atoms with Gasteiger partial charge in [0.05, 0.1) is 0 Å². The zero-order chi connectivity index (χ0) is 24.6. The Morgan fingerprint density at radius 1 is 1.14 bits per heavy atom. The molecule has 2 aliphatic carbocycles. The lowest BCUT2D eigenvalue weighted by atomic mass is 9.98. The summed E-state index contributed by atoms with van der Waals surface area (Å²) in [6, 6.07) is 15.4. The molecule has 3 aliphatic rings. The van der Waals surface area contributed by atoms with Crippen molar-refractivity contribution in [2.45, 2.75) is 43.2 Å². The third kappa shape index (κ3) is 4.18. The van der Waals surface area contributed by atoms with E-state index in [9.17, 15) is 19.5 Å². The number of nitrogens with one attached hydrogen (secondary N) is 1. The molecule has 184 valence electrons. The van der Waals surface area contributed by atoms with Crippen LogP contribution in [-0.2, 0) is 14.3 Å². The van der Waals surface area contributed by atoms with Gasteiger partial charge in [-0.3, -0.25) is 4.79 Å². The topological polar surface area (TPSA) is 95.9 Å². The van der Waals surface area contributed by atoms with Gasteiger partial charge in [-0.1, -0.05) is 48.5 Å². The molecule has 1 aliphatic heterocycles. The Bertz CT molecular complexity index is 1110. The first-order valence-electron chi connectivity index (χ1n) is 12.1. The average molecular weight is 495 g/mol. The molecule has 1 unspecified atom stereocenters. The first-order valence-corrected chi connectivity index (χ1v) is 13.5. The highest BCUT2D eigenvalue weighted by Crippen LogP contribution is 2.54. The van der Waals surface area contributed by atoms with Crippen molar-refractivity contribution in [2.24, 2.45) is 5.92 Å². The van der Waals surface area contributed by atoms with E-state index >= 15 is 0 Å². The van der Waals surface area contributed by atoms with Gasteiger partial charge in [0.15, 0.2) is 0 Å². The molecule has 1 saturated heterocycles. The fraction of sp³-hybridized carbons (Fsp3) is 0.444. The van der Waals surface area contributed by atoms with Gasteiger partial charge in [0.1, 0.15) is 18.2 Å². The summed E-state index contributed by atoms with van der Waals surface area (Å²) in [6.07, 6.45) is 3.80. The largest absolute Gasteiger partial charge is 0.479 e. The Hall–Kier alpha value is -3.00. The van der Waals surface area contributed by atoms with Crippen LogP contribution in [0.5, 0.6) is 0 Å². The van der Waals surface area contributed by atoms with E-state index in [0.717, 1.165) is 35.1 Å². The van der Waals surface area contributed by atoms with E-state index in [4.69, 9.17) is 4.74 Å². The Morgan fingerprint density at radius 3 is 2.43 bits per heavy atom.